The van der Waals surface area contributed by atoms with Gasteiger partial charge in [-0.3, -0.25) is 0 Å². The Morgan fingerprint density at radius 1 is 0.950 bits per heavy atom. The Balaban J connectivity index is 1.78. The van der Waals surface area contributed by atoms with E-state index in [2.05, 4.69) is 4.40 Å². The molecule has 20 heavy (non-hydrogen) atoms. The molecule has 0 N–H and O–H groups in total. The zero-order valence-corrected chi connectivity index (χ0v) is 11.5. The maximum absolute atomic E-state index is 12.1. The highest BCUT2D eigenvalue weighted by Crippen LogP contribution is 2.19. The minimum Gasteiger partial charge on any atom is -0.472 e. The van der Waals surface area contributed by atoms with E-state index in [4.69, 9.17) is 4.74 Å². The van der Waals surface area contributed by atoms with Crippen molar-refractivity contribution in [2.45, 2.75) is 11.5 Å². The molecule has 0 aromatic heterocycles. The number of hydrogen-bond acceptors (Lipinski definition) is 2. The van der Waals surface area contributed by atoms with E-state index < -0.39 is 11.0 Å². The molecule has 2 aromatic rings. The summed E-state index contributed by atoms with van der Waals surface area (Å²) >= 11 is 0. The highest BCUT2D eigenvalue weighted by Gasteiger charge is 2.12. The predicted molar refractivity (Wildman–Crippen MR) is 80.6 cm³/mol. The van der Waals surface area contributed by atoms with Gasteiger partial charge in [-0.1, -0.05) is 48.5 Å². The van der Waals surface area contributed by atoms with E-state index in [0.717, 1.165) is 11.1 Å². The molecule has 3 nitrogen and oxygen atoms in total. The fourth-order valence-electron chi connectivity index (χ4n) is 1.91. The van der Waals surface area contributed by atoms with Crippen LogP contribution in [-0.4, -0.2) is 10.1 Å². The van der Waals surface area contributed by atoms with Crippen molar-refractivity contribution in [1.29, 1.82) is 0 Å². The smallest absolute Gasteiger partial charge is 0.223 e. The van der Waals surface area contributed by atoms with Gasteiger partial charge < -0.3 is 4.74 Å². The van der Waals surface area contributed by atoms with E-state index in [1.165, 1.54) is 0 Å². The minimum absolute atomic E-state index is 0.392. The first-order chi connectivity index (χ1) is 9.83. The number of ether oxygens (including phenoxy) is 1. The van der Waals surface area contributed by atoms with Crippen LogP contribution in [0, 0.1) is 0 Å². The molecule has 0 radical (unpaired) electrons. The van der Waals surface area contributed by atoms with Crippen molar-refractivity contribution in [1.82, 2.24) is 0 Å². The van der Waals surface area contributed by atoms with Crippen LogP contribution in [0.1, 0.15) is 11.1 Å². The molecule has 4 heteroatoms. The third-order valence-electron chi connectivity index (χ3n) is 2.92. The van der Waals surface area contributed by atoms with Gasteiger partial charge in [-0.25, -0.2) is 4.21 Å². The summed E-state index contributed by atoms with van der Waals surface area (Å²) in [7, 11) is -1.42. The lowest BCUT2D eigenvalue weighted by Gasteiger charge is -2.04. The van der Waals surface area contributed by atoms with Gasteiger partial charge in [0.2, 0.25) is 5.90 Å². The van der Waals surface area contributed by atoms with Crippen LogP contribution in [0.25, 0.3) is 6.08 Å². The largest absolute Gasteiger partial charge is 0.472 e. The molecule has 0 amide bonds. The van der Waals surface area contributed by atoms with Crippen molar-refractivity contribution in [2.75, 3.05) is 0 Å². The van der Waals surface area contributed by atoms with Gasteiger partial charge in [0, 0.05) is 6.08 Å². The maximum atomic E-state index is 12.1. The van der Waals surface area contributed by atoms with Gasteiger partial charge in [0.05, 0.1) is 4.90 Å². The Kier molecular flexibility index (Phi) is 3.74. The molecule has 1 unspecified atom stereocenters. The van der Waals surface area contributed by atoms with E-state index in [1.807, 2.05) is 60.7 Å². The summed E-state index contributed by atoms with van der Waals surface area (Å²) in [5.74, 6) is 0.392. The topological polar surface area (TPSA) is 38.7 Å². The monoisotopic (exact) mass is 283 g/mol. The average molecular weight is 283 g/mol. The van der Waals surface area contributed by atoms with Gasteiger partial charge in [0.1, 0.15) is 6.61 Å². The van der Waals surface area contributed by atoms with Crippen molar-refractivity contribution >= 4 is 23.0 Å². The SMILES string of the molecule is O=S1N=C(OCc2ccccc2)C=Cc2ccccc21. The zero-order valence-electron chi connectivity index (χ0n) is 10.7. The van der Waals surface area contributed by atoms with Crippen LogP contribution in [-0.2, 0) is 22.3 Å². The molecule has 100 valence electrons. The number of hydrogen-bond donors (Lipinski definition) is 0. The van der Waals surface area contributed by atoms with Crippen molar-refractivity contribution in [3.8, 4) is 0 Å². The van der Waals surface area contributed by atoms with Crippen molar-refractivity contribution in [2.24, 2.45) is 4.40 Å². The standard InChI is InChI=1S/C16H13NO2S/c18-20-15-9-5-4-8-14(15)10-11-16(17-20)19-12-13-6-2-1-3-7-13/h1-11H,12H2. The van der Waals surface area contributed by atoms with Crippen LogP contribution < -0.4 is 0 Å². The van der Waals surface area contributed by atoms with E-state index in [0.29, 0.717) is 17.4 Å². The molecule has 0 aliphatic carbocycles. The number of fused-ring (bicyclic) bond motifs is 1. The second-order valence-corrected chi connectivity index (χ2v) is 5.44. The molecule has 0 bridgehead atoms. The van der Waals surface area contributed by atoms with Crippen LogP contribution in [0.4, 0.5) is 0 Å². The molecule has 0 saturated carbocycles. The lowest BCUT2D eigenvalue weighted by atomic mass is 10.2. The summed E-state index contributed by atoms with van der Waals surface area (Å²) in [5.41, 5.74) is 1.96. The first kappa shape index (κ1) is 12.8. The van der Waals surface area contributed by atoms with Gasteiger partial charge >= 0.3 is 0 Å². The van der Waals surface area contributed by atoms with E-state index in [-0.39, 0.29) is 0 Å². The third-order valence-corrected chi connectivity index (χ3v) is 4.01. The summed E-state index contributed by atoms with van der Waals surface area (Å²) in [6, 6.07) is 17.3. The minimum atomic E-state index is -1.42. The fraction of sp³-hybridized carbons (Fsp3) is 0.0625. The highest BCUT2D eigenvalue weighted by atomic mass is 32.2. The predicted octanol–water partition coefficient (Wildman–Crippen LogP) is 3.35. The molecule has 0 spiro atoms. The van der Waals surface area contributed by atoms with E-state index in [9.17, 15) is 4.21 Å². The van der Waals surface area contributed by atoms with Crippen molar-refractivity contribution in [3.63, 3.8) is 0 Å². The summed E-state index contributed by atoms with van der Waals surface area (Å²) in [6.07, 6.45) is 3.64. The number of nitrogens with zero attached hydrogens (tertiary/aromatic N) is 1. The van der Waals surface area contributed by atoms with Crippen LogP contribution in [0.15, 0.2) is 70.0 Å². The summed E-state index contributed by atoms with van der Waals surface area (Å²) in [6.45, 7) is 0.414. The Hall–Kier alpha value is -2.20. The van der Waals surface area contributed by atoms with Crippen LogP contribution in [0.3, 0.4) is 0 Å². The van der Waals surface area contributed by atoms with Gasteiger partial charge in [0.25, 0.3) is 0 Å². The molecular weight excluding hydrogens is 270 g/mol. The third kappa shape index (κ3) is 2.86. The van der Waals surface area contributed by atoms with Gasteiger partial charge in [-0.2, -0.15) is 0 Å². The number of rotatable bonds is 2. The van der Waals surface area contributed by atoms with Crippen LogP contribution >= 0.6 is 0 Å². The normalized spacial score (nSPS) is 17.0. The lowest BCUT2D eigenvalue weighted by Crippen LogP contribution is -2.02. The Bertz CT molecular complexity index is 693. The summed E-state index contributed by atoms with van der Waals surface area (Å²) in [4.78, 5) is 0.710. The van der Waals surface area contributed by atoms with Gasteiger partial charge in [-0.05, 0) is 23.3 Å². The van der Waals surface area contributed by atoms with E-state index >= 15 is 0 Å². The van der Waals surface area contributed by atoms with Crippen molar-refractivity contribution < 1.29 is 8.95 Å². The average Bonchev–Trinajstić information content (AvgIpc) is 2.66. The molecule has 0 fully saturated rings. The van der Waals surface area contributed by atoms with E-state index in [1.54, 1.807) is 6.08 Å². The maximum Gasteiger partial charge on any atom is 0.223 e. The lowest BCUT2D eigenvalue weighted by molar-refractivity contribution is 0.296. The molecule has 1 aliphatic rings. The molecule has 0 saturated heterocycles. The number of benzene rings is 2. The summed E-state index contributed by atoms with van der Waals surface area (Å²) in [5, 5.41) is 0. The summed E-state index contributed by atoms with van der Waals surface area (Å²) < 4.78 is 21.9. The quantitative estimate of drug-likeness (QED) is 0.847. The molecule has 1 aliphatic heterocycles. The van der Waals surface area contributed by atoms with Gasteiger partial charge in [-0.15, -0.1) is 4.40 Å². The molecule has 1 heterocycles. The highest BCUT2D eigenvalue weighted by molar-refractivity contribution is 7.84. The molecule has 2 aromatic carbocycles. The second-order valence-electron chi connectivity index (χ2n) is 4.32. The Morgan fingerprint density at radius 2 is 1.70 bits per heavy atom. The van der Waals surface area contributed by atoms with Gasteiger partial charge in [0.15, 0.2) is 11.0 Å². The first-order valence-electron chi connectivity index (χ1n) is 6.27. The second kappa shape index (κ2) is 5.84. The fourth-order valence-corrected chi connectivity index (χ4v) is 2.81. The Morgan fingerprint density at radius 3 is 2.55 bits per heavy atom. The van der Waals surface area contributed by atoms with Crippen LogP contribution in [0.2, 0.25) is 0 Å². The Labute approximate surface area is 120 Å². The molecule has 1 atom stereocenters. The van der Waals surface area contributed by atoms with Crippen LogP contribution in [0.5, 0.6) is 0 Å². The first-order valence-corrected chi connectivity index (χ1v) is 7.38. The zero-order chi connectivity index (χ0) is 13.8. The molecule has 3 rings (SSSR count). The van der Waals surface area contributed by atoms with Crippen molar-refractivity contribution in [3.05, 3.63) is 71.8 Å². The molecular formula is C16H13NO2S.